The Hall–Kier alpha value is -1.45. The number of aliphatic hydroxyl groups excluding tert-OH is 1. The summed E-state index contributed by atoms with van der Waals surface area (Å²) in [4.78, 5) is 6.90. The molecular formula is C18H24N2O. The lowest BCUT2D eigenvalue weighted by atomic mass is 9.93. The summed E-state index contributed by atoms with van der Waals surface area (Å²) in [5, 5.41) is 10.6. The van der Waals surface area contributed by atoms with Gasteiger partial charge in [0.1, 0.15) is 0 Å². The van der Waals surface area contributed by atoms with Gasteiger partial charge in [0.2, 0.25) is 0 Å². The Morgan fingerprint density at radius 3 is 2.71 bits per heavy atom. The third-order valence-electron chi connectivity index (χ3n) is 4.59. The first-order chi connectivity index (χ1) is 10.4. The summed E-state index contributed by atoms with van der Waals surface area (Å²) >= 11 is 0. The number of rotatable bonds is 5. The second-order valence-electron chi connectivity index (χ2n) is 5.97. The van der Waals surface area contributed by atoms with E-state index < -0.39 is 0 Å². The molecule has 0 atom stereocenters. The van der Waals surface area contributed by atoms with E-state index in [4.69, 9.17) is 0 Å². The SMILES string of the molecule is OCCN(Cc1ccnc2ccccc12)C1CCCCC1. The zero-order valence-corrected chi connectivity index (χ0v) is 12.5. The fourth-order valence-corrected chi connectivity index (χ4v) is 3.48. The predicted molar refractivity (Wildman–Crippen MR) is 86.1 cm³/mol. The van der Waals surface area contributed by atoms with Crippen LogP contribution >= 0.6 is 0 Å². The van der Waals surface area contributed by atoms with E-state index in [-0.39, 0.29) is 6.61 Å². The number of para-hydroxylation sites is 1. The van der Waals surface area contributed by atoms with E-state index in [0.717, 1.165) is 18.6 Å². The van der Waals surface area contributed by atoms with Gasteiger partial charge in [0.25, 0.3) is 0 Å². The largest absolute Gasteiger partial charge is 0.395 e. The molecule has 0 saturated heterocycles. The molecule has 1 aromatic carbocycles. The van der Waals surface area contributed by atoms with E-state index in [9.17, 15) is 5.11 Å². The standard InChI is InChI=1S/C18H24N2O/c21-13-12-20(16-6-2-1-3-7-16)14-15-10-11-19-18-9-5-4-8-17(15)18/h4-5,8-11,16,21H,1-3,6-7,12-14H2. The number of aliphatic hydroxyl groups is 1. The Kier molecular flexibility index (Phi) is 4.84. The van der Waals surface area contributed by atoms with Crippen LogP contribution in [-0.2, 0) is 6.54 Å². The van der Waals surface area contributed by atoms with Gasteiger partial charge >= 0.3 is 0 Å². The minimum atomic E-state index is 0.236. The molecule has 3 rings (SSSR count). The number of hydrogen-bond acceptors (Lipinski definition) is 3. The molecule has 0 aliphatic heterocycles. The van der Waals surface area contributed by atoms with Crippen LogP contribution in [0.25, 0.3) is 10.9 Å². The minimum Gasteiger partial charge on any atom is -0.395 e. The summed E-state index contributed by atoms with van der Waals surface area (Å²) in [7, 11) is 0. The van der Waals surface area contributed by atoms with Crippen LogP contribution in [-0.4, -0.2) is 34.2 Å². The number of hydrogen-bond donors (Lipinski definition) is 1. The maximum Gasteiger partial charge on any atom is 0.0705 e. The molecule has 3 nitrogen and oxygen atoms in total. The number of aromatic nitrogens is 1. The highest BCUT2D eigenvalue weighted by Gasteiger charge is 2.21. The summed E-state index contributed by atoms with van der Waals surface area (Å²) in [5.41, 5.74) is 2.38. The average molecular weight is 284 g/mol. The van der Waals surface area contributed by atoms with Crippen molar-refractivity contribution in [2.75, 3.05) is 13.2 Å². The molecule has 1 fully saturated rings. The van der Waals surface area contributed by atoms with Crippen molar-refractivity contribution >= 4 is 10.9 Å². The van der Waals surface area contributed by atoms with E-state index in [1.165, 1.54) is 43.1 Å². The van der Waals surface area contributed by atoms with E-state index >= 15 is 0 Å². The smallest absolute Gasteiger partial charge is 0.0705 e. The van der Waals surface area contributed by atoms with Gasteiger partial charge in [-0.3, -0.25) is 9.88 Å². The average Bonchev–Trinajstić information content (AvgIpc) is 2.55. The van der Waals surface area contributed by atoms with Crippen molar-refractivity contribution in [3.8, 4) is 0 Å². The molecular weight excluding hydrogens is 260 g/mol. The molecule has 1 heterocycles. The first-order valence-corrected chi connectivity index (χ1v) is 8.06. The summed E-state index contributed by atoms with van der Waals surface area (Å²) in [6.45, 7) is 1.91. The van der Waals surface area contributed by atoms with Gasteiger partial charge in [-0.1, -0.05) is 37.5 Å². The Balaban J connectivity index is 1.83. The number of benzene rings is 1. The summed E-state index contributed by atoms with van der Waals surface area (Å²) < 4.78 is 0. The van der Waals surface area contributed by atoms with Gasteiger partial charge in [0.15, 0.2) is 0 Å². The van der Waals surface area contributed by atoms with Crippen LogP contribution < -0.4 is 0 Å². The molecule has 112 valence electrons. The van der Waals surface area contributed by atoms with Gasteiger partial charge in [-0.05, 0) is 30.5 Å². The molecule has 0 bridgehead atoms. The highest BCUT2D eigenvalue weighted by atomic mass is 16.3. The highest BCUT2D eigenvalue weighted by Crippen LogP contribution is 2.25. The molecule has 1 aromatic heterocycles. The zero-order chi connectivity index (χ0) is 14.5. The molecule has 1 aliphatic carbocycles. The fraction of sp³-hybridized carbons (Fsp3) is 0.500. The Bertz CT molecular complexity index is 573. The van der Waals surface area contributed by atoms with Gasteiger partial charge in [0.05, 0.1) is 12.1 Å². The van der Waals surface area contributed by atoms with Gasteiger partial charge in [-0.25, -0.2) is 0 Å². The van der Waals surface area contributed by atoms with Crippen LogP contribution in [0.2, 0.25) is 0 Å². The molecule has 0 unspecified atom stereocenters. The normalized spacial score (nSPS) is 16.7. The molecule has 1 N–H and O–H groups in total. The molecule has 0 spiro atoms. The van der Waals surface area contributed by atoms with Crippen molar-refractivity contribution in [3.63, 3.8) is 0 Å². The predicted octanol–water partition coefficient (Wildman–Crippen LogP) is 3.36. The van der Waals surface area contributed by atoms with Gasteiger partial charge < -0.3 is 5.11 Å². The zero-order valence-electron chi connectivity index (χ0n) is 12.5. The van der Waals surface area contributed by atoms with Crippen LogP contribution in [0.5, 0.6) is 0 Å². The van der Waals surface area contributed by atoms with Crippen LogP contribution in [0, 0.1) is 0 Å². The van der Waals surface area contributed by atoms with Crippen molar-refractivity contribution < 1.29 is 5.11 Å². The maximum absolute atomic E-state index is 9.40. The molecule has 0 radical (unpaired) electrons. The number of fused-ring (bicyclic) bond motifs is 1. The molecule has 2 aromatic rings. The van der Waals surface area contributed by atoms with Crippen molar-refractivity contribution in [1.29, 1.82) is 0 Å². The van der Waals surface area contributed by atoms with Crippen molar-refractivity contribution in [3.05, 3.63) is 42.1 Å². The van der Waals surface area contributed by atoms with Crippen molar-refractivity contribution in [2.24, 2.45) is 0 Å². The van der Waals surface area contributed by atoms with Crippen molar-refractivity contribution in [2.45, 2.75) is 44.7 Å². The summed E-state index contributed by atoms with van der Waals surface area (Å²) in [5.74, 6) is 0. The molecule has 1 saturated carbocycles. The Morgan fingerprint density at radius 2 is 1.90 bits per heavy atom. The van der Waals surface area contributed by atoms with E-state index in [1.807, 2.05) is 12.3 Å². The van der Waals surface area contributed by atoms with E-state index in [0.29, 0.717) is 6.04 Å². The third kappa shape index (κ3) is 3.42. The monoisotopic (exact) mass is 284 g/mol. The van der Waals surface area contributed by atoms with Gasteiger partial charge in [-0.2, -0.15) is 0 Å². The van der Waals surface area contributed by atoms with Crippen LogP contribution in [0.4, 0.5) is 0 Å². The van der Waals surface area contributed by atoms with Crippen LogP contribution in [0.3, 0.4) is 0 Å². The molecule has 1 aliphatic rings. The Labute approximate surface area is 126 Å². The Morgan fingerprint density at radius 1 is 1.10 bits per heavy atom. The van der Waals surface area contributed by atoms with Crippen molar-refractivity contribution in [1.82, 2.24) is 9.88 Å². The molecule has 0 amide bonds. The maximum atomic E-state index is 9.40. The van der Waals surface area contributed by atoms with E-state index in [2.05, 4.69) is 34.1 Å². The first-order valence-electron chi connectivity index (χ1n) is 8.06. The van der Waals surface area contributed by atoms with E-state index in [1.54, 1.807) is 0 Å². The second kappa shape index (κ2) is 7.01. The third-order valence-corrected chi connectivity index (χ3v) is 4.59. The summed E-state index contributed by atoms with van der Waals surface area (Å²) in [6, 6.07) is 11.1. The second-order valence-corrected chi connectivity index (χ2v) is 5.97. The lowest BCUT2D eigenvalue weighted by molar-refractivity contribution is 0.117. The molecule has 21 heavy (non-hydrogen) atoms. The van der Waals surface area contributed by atoms with Gasteiger partial charge in [-0.15, -0.1) is 0 Å². The highest BCUT2D eigenvalue weighted by molar-refractivity contribution is 5.81. The van der Waals surface area contributed by atoms with Crippen LogP contribution in [0.15, 0.2) is 36.5 Å². The first kappa shape index (κ1) is 14.5. The minimum absolute atomic E-state index is 0.236. The van der Waals surface area contributed by atoms with Crippen LogP contribution in [0.1, 0.15) is 37.7 Å². The fourth-order valence-electron chi connectivity index (χ4n) is 3.48. The molecule has 3 heteroatoms. The number of nitrogens with zero attached hydrogens (tertiary/aromatic N) is 2. The lowest BCUT2D eigenvalue weighted by Gasteiger charge is -2.34. The van der Waals surface area contributed by atoms with Gasteiger partial charge in [0, 0.05) is 30.7 Å². The topological polar surface area (TPSA) is 36.4 Å². The quantitative estimate of drug-likeness (QED) is 0.914. The number of pyridine rings is 1. The lowest BCUT2D eigenvalue weighted by Crippen LogP contribution is -2.38. The summed E-state index contributed by atoms with van der Waals surface area (Å²) in [6.07, 6.45) is 8.44.